The number of benzene rings is 1. The number of nitrogens with zero attached hydrogens (tertiary/aromatic N) is 1. The van der Waals surface area contributed by atoms with Crippen LogP contribution in [-0.4, -0.2) is 11.9 Å². The molecular weight excluding hydrogens is 221 g/mol. The third-order valence-corrected chi connectivity index (χ3v) is 1.68. The van der Waals surface area contributed by atoms with Gasteiger partial charge in [0.1, 0.15) is 5.69 Å². The van der Waals surface area contributed by atoms with Gasteiger partial charge in [0.05, 0.1) is 0 Å². The molecule has 1 rings (SSSR count). The average molecular weight is 230 g/mol. The second kappa shape index (κ2) is 4.43. The van der Waals surface area contributed by atoms with Crippen molar-refractivity contribution in [2.24, 2.45) is 4.99 Å². The van der Waals surface area contributed by atoms with Gasteiger partial charge in [-0.1, -0.05) is 11.6 Å². The summed E-state index contributed by atoms with van der Waals surface area (Å²) in [5, 5.41) is 0.374. The van der Waals surface area contributed by atoms with Crippen LogP contribution in [0.3, 0.4) is 0 Å². The number of aliphatic imine (C=N–C) groups is 1. The highest BCUT2D eigenvalue weighted by Crippen LogP contribution is 2.33. The molecule has 1 aromatic rings. The average Bonchev–Trinajstić information content (AvgIpc) is 2.07. The minimum absolute atomic E-state index is 0.110. The third kappa shape index (κ3) is 3.70. The zero-order chi connectivity index (χ0) is 11.5. The Morgan fingerprint density at radius 1 is 1.53 bits per heavy atom. The van der Waals surface area contributed by atoms with Crippen LogP contribution < -0.4 is 4.74 Å². The predicted octanol–water partition coefficient (Wildman–Crippen LogP) is 3.39. The quantitative estimate of drug-likeness (QED) is 0.589. The van der Waals surface area contributed by atoms with Crippen molar-refractivity contribution >= 4 is 23.4 Å². The van der Waals surface area contributed by atoms with Gasteiger partial charge in [0.2, 0.25) is 11.9 Å². The van der Waals surface area contributed by atoms with Crippen molar-refractivity contribution < 1.29 is 13.9 Å². The fourth-order valence-corrected chi connectivity index (χ4v) is 1.13. The van der Waals surface area contributed by atoms with Crippen LogP contribution in [0.2, 0.25) is 5.02 Å². The summed E-state index contributed by atoms with van der Waals surface area (Å²) < 4.78 is 18.2. The molecule has 0 saturated carbocycles. The van der Waals surface area contributed by atoms with E-state index < -0.39 is 5.85 Å². The lowest BCUT2D eigenvalue weighted by Crippen LogP contribution is -2.21. The lowest BCUT2D eigenvalue weighted by atomic mass is 10.3. The van der Waals surface area contributed by atoms with Gasteiger partial charge in [-0.2, -0.15) is 9.38 Å². The van der Waals surface area contributed by atoms with Gasteiger partial charge in [-0.15, -0.1) is 0 Å². The van der Waals surface area contributed by atoms with Crippen LogP contribution in [0.1, 0.15) is 13.8 Å². The number of rotatable bonds is 3. The molecule has 0 aromatic heterocycles. The first kappa shape index (κ1) is 11.7. The van der Waals surface area contributed by atoms with Crippen molar-refractivity contribution in [2.75, 3.05) is 0 Å². The van der Waals surface area contributed by atoms with E-state index in [0.29, 0.717) is 5.02 Å². The van der Waals surface area contributed by atoms with E-state index in [9.17, 15) is 9.18 Å². The van der Waals surface area contributed by atoms with E-state index in [1.807, 2.05) is 0 Å². The summed E-state index contributed by atoms with van der Waals surface area (Å²) in [6.45, 7) is 2.48. The van der Waals surface area contributed by atoms with Gasteiger partial charge in [-0.05, 0) is 12.1 Å². The van der Waals surface area contributed by atoms with Gasteiger partial charge in [0, 0.05) is 24.9 Å². The molecule has 5 heteroatoms. The summed E-state index contributed by atoms with van der Waals surface area (Å²) in [5.41, 5.74) is 0.195. The van der Waals surface area contributed by atoms with E-state index in [1.54, 1.807) is 0 Å². The van der Waals surface area contributed by atoms with Crippen LogP contribution in [-0.2, 0) is 4.79 Å². The van der Waals surface area contributed by atoms with Gasteiger partial charge in [0.15, 0.2) is 5.75 Å². The number of hydrogen-bond donors (Lipinski definition) is 0. The van der Waals surface area contributed by atoms with Crippen molar-refractivity contribution in [3.63, 3.8) is 0 Å². The highest BCUT2D eigenvalue weighted by molar-refractivity contribution is 6.30. The maximum Gasteiger partial charge on any atom is 0.243 e. The van der Waals surface area contributed by atoms with Crippen LogP contribution in [0.5, 0.6) is 5.75 Å². The summed E-state index contributed by atoms with van der Waals surface area (Å²) >= 11 is 5.70. The first-order valence-corrected chi connectivity index (χ1v) is 4.55. The van der Waals surface area contributed by atoms with Crippen molar-refractivity contribution in [3.05, 3.63) is 23.2 Å². The predicted molar refractivity (Wildman–Crippen MR) is 55.0 cm³/mol. The Balaban J connectivity index is 3.13. The fourth-order valence-electron chi connectivity index (χ4n) is 0.973. The van der Waals surface area contributed by atoms with Crippen molar-refractivity contribution in [1.29, 1.82) is 0 Å². The van der Waals surface area contributed by atoms with Crippen LogP contribution in [0, 0.1) is 0 Å². The molecule has 0 fully saturated rings. The van der Waals surface area contributed by atoms with Gasteiger partial charge in [-0.3, -0.25) is 0 Å². The van der Waals surface area contributed by atoms with Crippen LogP contribution in [0.4, 0.5) is 10.1 Å². The molecule has 0 saturated heterocycles. The maximum atomic E-state index is 13.2. The van der Waals surface area contributed by atoms with Gasteiger partial charge < -0.3 is 4.74 Å². The number of ether oxygens (including phenoxy) is 1. The van der Waals surface area contributed by atoms with Crippen molar-refractivity contribution in [2.45, 2.75) is 19.7 Å². The maximum absolute atomic E-state index is 13.2. The van der Waals surface area contributed by atoms with Crippen LogP contribution in [0.25, 0.3) is 0 Å². The summed E-state index contributed by atoms with van der Waals surface area (Å²) in [4.78, 5) is 13.5. The molecule has 0 radical (unpaired) electrons. The molecule has 0 bridgehead atoms. The molecule has 0 unspecified atom stereocenters. The molecule has 80 valence electrons. The lowest BCUT2D eigenvalue weighted by molar-refractivity contribution is -0.0252. The molecular formula is C10H9ClFNO2. The topological polar surface area (TPSA) is 38.7 Å². The van der Waals surface area contributed by atoms with Crippen molar-refractivity contribution in [1.82, 2.24) is 0 Å². The van der Waals surface area contributed by atoms with Crippen LogP contribution >= 0.6 is 11.6 Å². The molecule has 0 aliphatic carbocycles. The zero-order valence-corrected chi connectivity index (χ0v) is 9.01. The van der Waals surface area contributed by atoms with E-state index in [1.165, 1.54) is 38.1 Å². The van der Waals surface area contributed by atoms with E-state index in [-0.39, 0.29) is 11.4 Å². The zero-order valence-electron chi connectivity index (χ0n) is 8.25. The number of alkyl halides is 1. The van der Waals surface area contributed by atoms with Gasteiger partial charge in [0.25, 0.3) is 0 Å². The molecule has 0 heterocycles. The molecule has 3 nitrogen and oxygen atoms in total. The minimum Gasteiger partial charge on any atom is -0.456 e. The van der Waals surface area contributed by atoms with Gasteiger partial charge in [-0.25, -0.2) is 4.79 Å². The van der Waals surface area contributed by atoms with E-state index in [2.05, 4.69) is 4.99 Å². The number of hydrogen-bond acceptors (Lipinski definition) is 3. The smallest absolute Gasteiger partial charge is 0.243 e. The highest BCUT2D eigenvalue weighted by atomic mass is 35.5. The normalized spacial score (nSPS) is 10.7. The molecule has 0 aliphatic rings. The van der Waals surface area contributed by atoms with Crippen molar-refractivity contribution in [3.8, 4) is 5.75 Å². The second-order valence-corrected chi connectivity index (χ2v) is 3.72. The molecule has 0 spiro atoms. The fraction of sp³-hybridized carbons (Fsp3) is 0.300. The summed E-state index contributed by atoms with van der Waals surface area (Å²) in [7, 11) is 0. The van der Waals surface area contributed by atoms with Gasteiger partial charge >= 0.3 is 0 Å². The Hall–Kier alpha value is -1.38. The summed E-state index contributed by atoms with van der Waals surface area (Å²) in [5.74, 6) is -1.75. The lowest BCUT2D eigenvalue weighted by Gasteiger charge is -2.18. The molecule has 0 N–H and O–H groups in total. The minimum atomic E-state index is -1.86. The first-order valence-electron chi connectivity index (χ1n) is 4.18. The Kier molecular flexibility index (Phi) is 3.45. The Morgan fingerprint density at radius 2 is 2.20 bits per heavy atom. The number of carbonyl (C=O) groups excluding carboxylic acids is 1. The Bertz CT molecular complexity index is 408. The SMILES string of the molecule is CC(C)(F)Oc1cc(Cl)ccc1N=C=O. The molecule has 1 aromatic carbocycles. The third-order valence-electron chi connectivity index (χ3n) is 1.44. The second-order valence-electron chi connectivity index (χ2n) is 3.28. The number of isocyanates is 1. The molecule has 0 amide bonds. The summed E-state index contributed by atoms with van der Waals surface area (Å²) in [6, 6.07) is 4.36. The largest absolute Gasteiger partial charge is 0.456 e. The molecule has 0 aliphatic heterocycles. The number of halogens is 2. The molecule has 15 heavy (non-hydrogen) atoms. The van der Waals surface area contributed by atoms with E-state index >= 15 is 0 Å². The van der Waals surface area contributed by atoms with E-state index in [0.717, 1.165) is 0 Å². The molecule has 0 atom stereocenters. The summed E-state index contributed by atoms with van der Waals surface area (Å²) in [6.07, 6.45) is 1.36. The first-order chi connectivity index (χ1) is 6.92. The van der Waals surface area contributed by atoms with E-state index in [4.69, 9.17) is 16.3 Å². The Labute approximate surface area is 91.5 Å². The standard InChI is InChI=1S/C10H9ClFNO2/c1-10(2,12)15-9-5-7(11)3-4-8(9)13-6-14/h3-5H,1-2H3. The van der Waals surface area contributed by atoms with Crippen LogP contribution in [0.15, 0.2) is 23.2 Å². The Morgan fingerprint density at radius 3 is 2.73 bits per heavy atom. The highest BCUT2D eigenvalue weighted by Gasteiger charge is 2.19. The monoisotopic (exact) mass is 229 g/mol.